The molecule has 0 bridgehead atoms. The number of rotatable bonds is 3. The summed E-state index contributed by atoms with van der Waals surface area (Å²) in [6.45, 7) is 7.69. The molecule has 1 heterocycles. The van der Waals surface area contributed by atoms with Crippen LogP contribution in [-0.2, 0) is 9.31 Å². The Bertz CT molecular complexity index is 604. The molecule has 0 aromatic heterocycles. The number of halogens is 2. The minimum Gasteiger partial charge on any atom is -0.400 e. The van der Waals surface area contributed by atoms with Crippen LogP contribution in [-0.4, -0.2) is 24.1 Å². The Labute approximate surface area is 135 Å². The van der Waals surface area contributed by atoms with E-state index in [0.29, 0.717) is 11.2 Å². The van der Waals surface area contributed by atoms with Crippen LogP contribution >= 0.6 is 12.6 Å². The van der Waals surface area contributed by atoms with E-state index in [0.717, 1.165) is 0 Å². The highest BCUT2D eigenvalue weighted by Gasteiger charge is 2.52. The zero-order valence-electron chi connectivity index (χ0n) is 13.1. The van der Waals surface area contributed by atoms with Crippen molar-refractivity contribution in [1.29, 1.82) is 0 Å². The molecule has 0 saturated carbocycles. The fraction of sp³-hybridized carbons (Fsp3) is 0.467. The number of nitrogen functional groups attached to an aromatic ring is 1. The van der Waals surface area contributed by atoms with Crippen LogP contribution in [0.2, 0.25) is 0 Å². The molecule has 0 amide bonds. The predicted molar refractivity (Wildman–Crippen MR) is 88.7 cm³/mol. The molecular weight excluding hydrogens is 307 g/mol. The Morgan fingerprint density at radius 2 is 1.73 bits per heavy atom. The second kappa shape index (κ2) is 5.87. The van der Waals surface area contributed by atoms with Crippen molar-refractivity contribution in [3.63, 3.8) is 0 Å². The van der Waals surface area contributed by atoms with E-state index >= 15 is 0 Å². The van der Waals surface area contributed by atoms with Crippen LogP contribution in [0, 0.1) is 11.6 Å². The molecule has 1 saturated heterocycles. The Hall–Kier alpha value is -1.05. The number of thiol groups is 1. The Balaban J connectivity index is 2.36. The van der Waals surface area contributed by atoms with Crippen LogP contribution < -0.4 is 5.73 Å². The Kier molecular flexibility index (Phi) is 4.62. The SMILES string of the molecule is CC1(C)OB(C(=Cc2ccc(N)c(F)c2F)CS)OC1(C)C. The standard InChI is InChI=1S/C15H20BF2NO2S/c1-14(2)15(3,4)21-16(20-14)10(8-22)7-9-5-6-11(19)13(18)12(9)17/h5-7,22H,8,19H2,1-4H3. The van der Waals surface area contributed by atoms with Gasteiger partial charge in [0, 0.05) is 11.3 Å². The Morgan fingerprint density at radius 1 is 1.18 bits per heavy atom. The van der Waals surface area contributed by atoms with Gasteiger partial charge in [0.25, 0.3) is 0 Å². The average molecular weight is 327 g/mol. The molecule has 2 N–H and O–H groups in total. The van der Waals surface area contributed by atoms with Crippen LogP contribution in [0.15, 0.2) is 17.6 Å². The van der Waals surface area contributed by atoms with Crippen molar-refractivity contribution in [3.8, 4) is 0 Å². The number of hydrogen-bond acceptors (Lipinski definition) is 4. The molecule has 3 nitrogen and oxygen atoms in total. The third-order valence-corrected chi connectivity index (χ3v) is 4.59. The minimum atomic E-state index is -1.05. The number of benzene rings is 1. The normalized spacial score (nSPS) is 20.5. The second-order valence-corrected chi connectivity index (χ2v) is 6.65. The van der Waals surface area contributed by atoms with Crippen molar-refractivity contribution < 1.29 is 18.1 Å². The summed E-state index contributed by atoms with van der Waals surface area (Å²) in [5.41, 5.74) is 4.81. The third kappa shape index (κ3) is 3.02. The minimum absolute atomic E-state index is 0.0884. The molecule has 1 aromatic carbocycles. The van der Waals surface area contributed by atoms with Gasteiger partial charge in [-0.3, -0.25) is 0 Å². The zero-order chi connectivity index (χ0) is 16.7. The van der Waals surface area contributed by atoms with Crippen LogP contribution in [0.3, 0.4) is 0 Å². The summed E-state index contributed by atoms with van der Waals surface area (Å²) in [4.78, 5) is 0. The monoisotopic (exact) mass is 327 g/mol. The lowest BCUT2D eigenvalue weighted by Crippen LogP contribution is -2.41. The molecule has 22 heavy (non-hydrogen) atoms. The Morgan fingerprint density at radius 3 is 2.23 bits per heavy atom. The number of nitrogens with two attached hydrogens (primary N) is 1. The molecule has 1 aliphatic heterocycles. The maximum atomic E-state index is 13.9. The first-order valence-corrected chi connectivity index (χ1v) is 7.63. The van der Waals surface area contributed by atoms with Gasteiger partial charge in [-0.05, 0) is 45.3 Å². The second-order valence-electron chi connectivity index (χ2n) is 6.34. The van der Waals surface area contributed by atoms with E-state index < -0.39 is 30.0 Å². The molecule has 0 radical (unpaired) electrons. The van der Waals surface area contributed by atoms with Crippen molar-refractivity contribution in [2.24, 2.45) is 0 Å². The van der Waals surface area contributed by atoms with E-state index in [1.165, 1.54) is 18.2 Å². The van der Waals surface area contributed by atoms with E-state index in [9.17, 15) is 8.78 Å². The van der Waals surface area contributed by atoms with Crippen molar-refractivity contribution in [3.05, 3.63) is 34.8 Å². The van der Waals surface area contributed by atoms with E-state index in [2.05, 4.69) is 12.6 Å². The molecule has 0 atom stereocenters. The largest absolute Gasteiger partial charge is 0.491 e. The van der Waals surface area contributed by atoms with Crippen LogP contribution in [0.4, 0.5) is 14.5 Å². The lowest BCUT2D eigenvalue weighted by atomic mass is 9.78. The lowest BCUT2D eigenvalue weighted by Gasteiger charge is -2.32. The van der Waals surface area contributed by atoms with Crippen molar-refractivity contribution >= 4 is 31.5 Å². The summed E-state index contributed by atoms with van der Waals surface area (Å²) in [6.07, 6.45) is 1.49. The molecule has 0 spiro atoms. The molecular formula is C15H20BF2NO2S. The van der Waals surface area contributed by atoms with Crippen molar-refractivity contribution in [2.75, 3.05) is 11.5 Å². The van der Waals surface area contributed by atoms with Crippen LogP contribution in [0.25, 0.3) is 6.08 Å². The highest BCUT2D eigenvalue weighted by atomic mass is 32.1. The van der Waals surface area contributed by atoms with Crippen molar-refractivity contribution in [1.82, 2.24) is 0 Å². The van der Waals surface area contributed by atoms with Gasteiger partial charge in [-0.2, -0.15) is 12.6 Å². The van der Waals surface area contributed by atoms with E-state index in [4.69, 9.17) is 15.0 Å². The molecule has 1 aliphatic rings. The van der Waals surface area contributed by atoms with E-state index in [1.54, 1.807) is 0 Å². The van der Waals surface area contributed by atoms with Crippen LogP contribution in [0.1, 0.15) is 33.3 Å². The number of anilines is 1. The fourth-order valence-electron chi connectivity index (χ4n) is 2.07. The molecule has 2 rings (SSSR count). The molecule has 0 aliphatic carbocycles. The van der Waals surface area contributed by atoms with Crippen molar-refractivity contribution in [2.45, 2.75) is 38.9 Å². The topological polar surface area (TPSA) is 44.5 Å². The maximum Gasteiger partial charge on any atom is 0.491 e. The highest BCUT2D eigenvalue weighted by molar-refractivity contribution is 7.80. The first-order valence-electron chi connectivity index (χ1n) is 6.99. The van der Waals surface area contributed by atoms with Gasteiger partial charge in [0.05, 0.1) is 16.9 Å². The molecule has 1 fully saturated rings. The van der Waals surface area contributed by atoms with Gasteiger partial charge in [0.2, 0.25) is 0 Å². The average Bonchev–Trinajstić information content (AvgIpc) is 2.64. The lowest BCUT2D eigenvalue weighted by molar-refractivity contribution is 0.00578. The third-order valence-electron chi connectivity index (χ3n) is 4.22. The summed E-state index contributed by atoms with van der Waals surface area (Å²) in [5, 5.41) is 0. The smallest absolute Gasteiger partial charge is 0.400 e. The van der Waals surface area contributed by atoms with Gasteiger partial charge in [-0.25, -0.2) is 8.78 Å². The summed E-state index contributed by atoms with van der Waals surface area (Å²) in [7, 11) is -0.650. The van der Waals surface area contributed by atoms with Gasteiger partial charge in [-0.1, -0.05) is 6.08 Å². The molecule has 1 aromatic rings. The molecule has 7 heteroatoms. The summed E-state index contributed by atoms with van der Waals surface area (Å²) in [5.74, 6) is -1.75. The summed E-state index contributed by atoms with van der Waals surface area (Å²) < 4.78 is 39.3. The number of hydrogen-bond donors (Lipinski definition) is 2. The zero-order valence-corrected chi connectivity index (χ0v) is 14.0. The molecule has 0 unspecified atom stereocenters. The summed E-state index contributed by atoms with van der Waals surface area (Å²) in [6, 6.07) is 2.74. The predicted octanol–water partition coefficient (Wildman–Crippen LogP) is 3.49. The van der Waals surface area contributed by atoms with Gasteiger partial charge >= 0.3 is 7.12 Å². The van der Waals surface area contributed by atoms with E-state index in [1.807, 2.05) is 27.7 Å². The van der Waals surface area contributed by atoms with Gasteiger partial charge < -0.3 is 15.0 Å². The highest BCUT2D eigenvalue weighted by Crippen LogP contribution is 2.39. The van der Waals surface area contributed by atoms with Gasteiger partial charge in [0.1, 0.15) is 0 Å². The van der Waals surface area contributed by atoms with Gasteiger partial charge in [-0.15, -0.1) is 0 Å². The van der Waals surface area contributed by atoms with Gasteiger partial charge in [0.15, 0.2) is 11.6 Å². The maximum absolute atomic E-state index is 13.9. The molecule has 120 valence electrons. The van der Waals surface area contributed by atoms with E-state index in [-0.39, 0.29) is 11.3 Å². The van der Waals surface area contributed by atoms with Crippen LogP contribution in [0.5, 0.6) is 0 Å². The first-order chi connectivity index (χ1) is 10.1. The summed E-state index contributed by atoms with van der Waals surface area (Å²) >= 11 is 4.25. The fourth-order valence-corrected chi connectivity index (χ4v) is 2.31. The first kappa shape index (κ1) is 17.3. The quantitative estimate of drug-likeness (QED) is 0.507.